The minimum atomic E-state index is -0.583. The Morgan fingerprint density at radius 2 is 0.788 bits per heavy atom. The first kappa shape index (κ1) is 37.0. The highest BCUT2D eigenvalue weighted by molar-refractivity contribution is 5.72. The van der Waals surface area contributed by atoms with E-state index < -0.39 is 12.2 Å². The first-order chi connectivity index (χ1) is 25.1. The number of hydrogen-bond donors (Lipinski definition) is 0. The number of benzene rings is 4. The van der Waals surface area contributed by atoms with Crippen LogP contribution < -0.4 is 28.7 Å². The van der Waals surface area contributed by atoms with Crippen molar-refractivity contribution in [1.29, 1.82) is 0 Å². The topological polar surface area (TPSA) is 96.9 Å². The quantitative estimate of drug-likeness (QED) is 0.116. The van der Waals surface area contributed by atoms with Gasteiger partial charge in [-0.1, -0.05) is 48.5 Å². The van der Waals surface area contributed by atoms with Gasteiger partial charge in [-0.3, -0.25) is 14.8 Å². The van der Waals surface area contributed by atoms with E-state index in [4.69, 9.17) is 18.9 Å². The Hall–Kier alpha value is -6.23. The first-order valence-electron chi connectivity index (χ1n) is 16.8. The fraction of sp³-hybridized carbons (Fsp3) is 0.244. The summed E-state index contributed by atoms with van der Waals surface area (Å²) in [7, 11) is 11.1. The van der Waals surface area contributed by atoms with Crippen LogP contribution in [-0.4, -0.2) is 69.4 Å². The monoisotopic (exact) mass is 703 g/mol. The van der Waals surface area contributed by atoms with E-state index >= 15 is 0 Å². The van der Waals surface area contributed by atoms with Crippen molar-refractivity contribution in [1.82, 2.24) is 14.8 Å². The second-order valence-corrected chi connectivity index (χ2v) is 12.6. The summed E-state index contributed by atoms with van der Waals surface area (Å²) >= 11 is 0. The SMILES string of the molecule is COc1ccc(CN(Cc2ccc(N(C)C)cc2)C(=O)Oc2cncc(OC(=O)N(Cc3ccc(OC)cc3)Cc3ccc(N(C)C)cc3)c2)cc1. The van der Waals surface area contributed by atoms with E-state index in [1.165, 1.54) is 18.5 Å². The number of carbonyl (C=O) groups excluding carboxylic acids is 2. The van der Waals surface area contributed by atoms with E-state index in [0.717, 1.165) is 45.1 Å². The van der Waals surface area contributed by atoms with Crippen molar-refractivity contribution in [3.8, 4) is 23.0 Å². The summed E-state index contributed by atoms with van der Waals surface area (Å²) in [6.07, 6.45) is 1.66. The first-order valence-corrected chi connectivity index (χ1v) is 16.8. The molecule has 0 spiro atoms. The summed E-state index contributed by atoms with van der Waals surface area (Å²) in [5.74, 6) is 1.72. The molecule has 0 saturated carbocycles. The van der Waals surface area contributed by atoms with Crippen LogP contribution in [0.3, 0.4) is 0 Å². The van der Waals surface area contributed by atoms with E-state index in [2.05, 4.69) is 4.98 Å². The smallest absolute Gasteiger partial charge is 0.415 e. The molecule has 1 aromatic heterocycles. The summed E-state index contributed by atoms with van der Waals surface area (Å²) in [6.45, 7) is 1.18. The van der Waals surface area contributed by atoms with Crippen LogP contribution in [0.5, 0.6) is 23.0 Å². The summed E-state index contributed by atoms with van der Waals surface area (Å²) in [6, 6.07) is 32.5. The standard InChI is InChI=1S/C41H45N5O6/c1-43(2)34-15-7-30(8-16-34)26-45(28-32-11-19-36(49-5)20-12-32)40(47)51-38-23-39(25-42-24-38)52-41(48)46(29-33-13-21-37(50-6)22-14-33)27-31-9-17-35(18-10-31)44(3)4/h7-25H,26-29H2,1-6H3. The van der Waals surface area contributed by atoms with E-state index in [0.29, 0.717) is 13.1 Å². The van der Waals surface area contributed by atoms with Crippen molar-refractivity contribution in [3.05, 3.63) is 138 Å². The van der Waals surface area contributed by atoms with Gasteiger partial charge in [0.25, 0.3) is 0 Å². The molecule has 0 saturated heterocycles. The lowest BCUT2D eigenvalue weighted by molar-refractivity contribution is 0.144. The molecule has 52 heavy (non-hydrogen) atoms. The molecule has 0 aliphatic carbocycles. The number of hydrogen-bond acceptors (Lipinski definition) is 9. The minimum absolute atomic E-state index is 0.138. The van der Waals surface area contributed by atoms with Crippen molar-refractivity contribution < 1.29 is 28.5 Å². The van der Waals surface area contributed by atoms with Crippen LogP contribution >= 0.6 is 0 Å². The van der Waals surface area contributed by atoms with Gasteiger partial charge in [0.05, 0.1) is 26.6 Å². The Balaban J connectivity index is 1.32. The molecule has 2 amide bonds. The van der Waals surface area contributed by atoms with Crippen LogP contribution in [0.25, 0.3) is 0 Å². The van der Waals surface area contributed by atoms with Gasteiger partial charge in [-0.25, -0.2) is 9.59 Å². The summed E-state index contributed by atoms with van der Waals surface area (Å²) in [4.78, 5) is 38.8. The Morgan fingerprint density at radius 3 is 1.08 bits per heavy atom. The highest BCUT2D eigenvalue weighted by Gasteiger charge is 2.21. The molecule has 0 radical (unpaired) electrons. The zero-order valence-corrected chi connectivity index (χ0v) is 30.5. The van der Waals surface area contributed by atoms with Gasteiger partial charge in [0.2, 0.25) is 0 Å². The summed E-state index contributed by atoms with van der Waals surface area (Å²) in [5.41, 5.74) is 5.77. The highest BCUT2D eigenvalue weighted by atomic mass is 16.6. The number of pyridine rings is 1. The second kappa shape index (κ2) is 17.6. The molecule has 0 aliphatic heterocycles. The van der Waals surface area contributed by atoms with Crippen molar-refractivity contribution >= 4 is 23.6 Å². The molecule has 1 heterocycles. The van der Waals surface area contributed by atoms with E-state index in [1.54, 1.807) is 24.0 Å². The summed E-state index contributed by atoms with van der Waals surface area (Å²) in [5, 5.41) is 0. The van der Waals surface area contributed by atoms with Crippen LogP contribution in [0.15, 0.2) is 116 Å². The Labute approximate surface area is 305 Å². The Morgan fingerprint density at radius 1 is 0.481 bits per heavy atom. The zero-order chi connectivity index (χ0) is 37.0. The van der Waals surface area contributed by atoms with E-state index in [-0.39, 0.29) is 24.6 Å². The van der Waals surface area contributed by atoms with Crippen LogP contribution in [-0.2, 0) is 26.2 Å². The molecule has 11 heteroatoms. The average Bonchev–Trinajstić information content (AvgIpc) is 3.15. The lowest BCUT2D eigenvalue weighted by Gasteiger charge is -2.24. The zero-order valence-electron chi connectivity index (χ0n) is 30.5. The number of anilines is 2. The van der Waals surface area contributed by atoms with E-state index in [9.17, 15) is 9.59 Å². The number of aromatic nitrogens is 1. The molecular formula is C41H45N5O6. The maximum absolute atomic E-state index is 13.7. The van der Waals surface area contributed by atoms with Gasteiger partial charge in [-0.2, -0.15) is 0 Å². The molecule has 0 N–H and O–H groups in total. The highest BCUT2D eigenvalue weighted by Crippen LogP contribution is 2.24. The van der Waals surface area contributed by atoms with Crippen molar-refractivity contribution in [2.45, 2.75) is 26.2 Å². The van der Waals surface area contributed by atoms with Crippen LogP contribution in [0, 0.1) is 0 Å². The molecule has 0 aliphatic rings. The molecule has 270 valence electrons. The lowest BCUT2D eigenvalue weighted by Crippen LogP contribution is -2.33. The fourth-order valence-electron chi connectivity index (χ4n) is 5.35. The Bertz CT molecular complexity index is 1760. The maximum atomic E-state index is 13.7. The molecule has 4 aromatic carbocycles. The van der Waals surface area contributed by atoms with Gasteiger partial charge in [0, 0.05) is 71.8 Å². The maximum Gasteiger partial charge on any atom is 0.415 e. The average molecular weight is 704 g/mol. The van der Waals surface area contributed by atoms with Gasteiger partial charge in [-0.05, 0) is 70.8 Å². The fourth-order valence-corrected chi connectivity index (χ4v) is 5.35. The molecule has 0 atom stereocenters. The third-order valence-electron chi connectivity index (χ3n) is 8.33. The number of ether oxygens (including phenoxy) is 4. The molecule has 0 unspecified atom stereocenters. The van der Waals surface area contributed by atoms with Gasteiger partial charge >= 0.3 is 12.2 Å². The summed E-state index contributed by atoms with van der Waals surface area (Å²) < 4.78 is 22.2. The van der Waals surface area contributed by atoms with Crippen molar-refractivity contribution in [3.63, 3.8) is 0 Å². The van der Waals surface area contributed by atoms with Gasteiger partial charge in [-0.15, -0.1) is 0 Å². The largest absolute Gasteiger partial charge is 0.497 e. The Kier molecular flexibility index (Phi) is 12.5. The third kappa shape index (κ3) is 10.4. The van der Waals surface area contributed by atoms with E-state index in [1.807, 2.05) is 135 Å². The predicted octanol–water partition coefficient (Wildman–Crippen LogP) is 7.63. The second-order valence-electron chi connectivity index (χ2n) is 12.6. The van der Waals surface area contributed by atoms with Gasteiger partial charge in [0.1, 0.15) is 11.5 Å². The number of methoxy groups -OCH3 is 2. The van der Waals surface area contributed by atoms with Crippen LogP contribution in [0.4, 0.5) is 21.0 Å². The number of rotatable bonds is 14. The molecule has 0 fully saturated rings. The number of nitrogens with zero attached hydrogens (tertiary/aromatic N) is 5. The molecule has 0 bridgehead atoms. The molecule has 11 nitrogen and oxygen atoms in total. The molecular weight excluding hydrogens is 658 g/mol. The normalized spacial score (nSPS) is 10.6. The molecule has 5 aromatic rings. The predicted molar refractivity (Wildman–Crippen MR) is 202 cm³/mol. The van der Waals surface area contributed by atoms with Gasteiger partial charge < -0.3 is 28.7 Å². The third-order valence-corrected chi connectivity index (χ3v) is 8.33. The number of carbonyl (C=O) groups is 2. The lowest BCUT2D eigenvalue weighted by atomic mass is 10.1. The van der Waals surface area contributed by atoms with Crippen LogP contribution in [0.1, 0.15) is 22.3 Å². The number of amides is 2. The van der Waals surface area contributed by atoms with Crippen molar-refractivity contribution in [2.24, 2.45) is 0 Å². The van der Waals surface area contributed by atoms with Gasteiger partial charge in [0.15, 0.2) is 11.5 Å². The van der Waals surface area contributed by atoms with Crippen LogP contribution in [0.2, 0.25) is 0 Å². The minimum Gasteiger partial charge on any atom is -0.497 e. The van der Waals surface area contributed by atoms with Crippen molar-refractivity contribution in [2.75, 3.05) is 52.2 Å². The molecule has 5 rings (SSSR count).